The lowest BCUT2D eigenvalue weighted by atomic mass is 10.2. The SMILES string of the molecule is CCCCCC(=O)N/N=C/c1ccc(Cl)s1. The van der Waals surface area contributed by atoms with Gasteiger partial charge in [0, 0.05) is 11.3 Å². The molecule has 0 radical (unpaired) electrons. The molecule has 1 N–H and O–H groups in total. The molecule has 0 saturated heterocycles. The maximum Gasteiger partial charge on any atom is 0.240 e. The third-order valence-electron chi connectivity index (χ3n) is 1.98. The summed E-state index contributed by atoms with van der Waals surface area (Å²) in [6.45, 7) is 2.11. The van der Waals surface area contributed by atoms with Crippen molar-refractivity contribution in [2.24, 2.45) is 5.10 Å². The van der Waals surface area contributed by atoms with Crippen LogP contribution in [0.2, 0.25) is 4.34 Å². The molecule has 0 unspecified atom stereocenters. The fourth-order valence-corrected chi connectivity index (χ4v) is 2.09. The van der Waals surface area contributed by atoms with Crippen molar-refractivity contribution in [2.45, 2.75) is 32.6 Å². The molecule has 0 saturated carbocycles. The molecule has 88 valence electrons. The Hall–Kier alpha value is -0.870. The number of amides is 1. The molecule has 0 aliphatic heterocycles. The molecule has 1 aromatic rings. The molecule has 0 aliphatic carbocycles. The molecule has 1 rings (SSSR count). The number of carbonyl (C=O) groups excluding carboxylic acids is 1. The Morgan fingerprint density at radius 2 is 2.38 bits per heavy atom. The molecule has 1 heterocycles. The summed E-state index contributed by atoms with van der Waals surface area (Å²) in [5.41, 5.74) is 2.49. The number of thiophene rings is 1. The van der Waals surface area contributed by atoms with Crippen LogP contribution in [-0.2, 0) is 4.79 Å². The van der Waals surface area contributed by atoms with Gasteiger partial charge in [-0.15, -0.1) is 11.3 Å². The molecule has 3 nitrogen and oxygen atoms in total. The van der Waals surface area contributed by atoms with Gasteiger partial charge < -0.3 is 0 Å². The van der Waals surface area contributed by atoms with E-state index in [4.69, 9.17) is 11.6 Å². The molecule has 0 fully saturated rings. The maximum absolute atomic E-state index is 11.3. The van der Waals surface area contributed by atoms with Crippen molar-refractivity contribution >= 4 is 35.1 Å². The molecular formula is C11H15ClN2OS. The number of nitrogens with one attached hydrogen (secondary N) is 1. The van der Waals surface area contributed by atoms with E-state index < -0.39 is 0 Å². The average Bonchev–Trinajstić information content (AvgIpc) is 2.65. The minimum atomic E-state index is -0.0349. The zero-order valence-electron chi connectivity index (χ0n) is 9.20. The monoisotopic (exact) mass is 258 g/mol. The van der Waals surface area contributed by atoms with Crippen molar-refractivity contribution in [3.8, 4) is 0 Å². The standard InChI is InChI=1S/C11H15ClN2OS/c1-2-3-4-5-11(15)14-13-8-9-6-7-10(12)16-9/h6-8H,2-5H2,1H3,(H,14,15)/b13-8+. The lowest BCUT2D eigenvalue weighted by Gasteiger charge is -1.97. The summed E-state index contributed by atoms with van der Waals surface area (Å²) in [6.07, 6.45) is 5.26. The van der Waals surface area contributed by atoms with Crippen LogP contribution in [0.15, 0.2) is 17.2 Å². The third-order valence-corrected chi connectivity index (χ3v) is 3.15. The molecule has 1 amide bonds. The van der Waals surface area contributed by atoms with Gasteiger partial charge in [-0.05, 0) is 18.6 Å². The van der Waals surface area contributed by atoms with E-state index in [1.807, 2.05) is 6.07 Å². The number of hydrogen-bond donors (Lipinski definition) is 1. The van der Waals surface area contributed by atoms with E-state index in [2.05, 4.69) is 17.5 Å². The highest BCUT2D eigenvalue weighted by atomic mass is 35.5. The van der Waals surface area contributed by atoms with Crippen LogP contribution in [0.1, 0.15) is 37.5 Å². The molecule has 0 aromatic carbocycles. The second-order valence-electron chi connectivity index (χ2n) is 3.39. The number of rotatable bonds is 6. The predicted octanol–water partition coefficient (Wildman–Crippen LogP) is 3.43. The van der Waals surface area contributed by atoms with Gasteiger partial charge in [-0.25, -0.2) is 5.43 Å². The highest BCUT2D eigenvalue weighted by Crippen LogP contribution is 2.19. The van der Waals surface area contributed by atoms with Crippen molar-refractivity contribution in [2.75, 3.05) is 0 Å². The van der Waals surface area contributed by atoms with Crippen LogP contribution in [0.3, 0.4) is 0 Å². The summed E-state index contributed by atoms with van der Waals surface area (Å²) in [5, 5.41) is 3.86. The van der Waals surface area contributed by atoms with Crippen molar-refractivity contribution in [3.63, 3.8) is 0 Å². The van der Waals surface area contributed by atoms with E-state index >= 15 is 0 Å². The Bertz CT molecular complexity index is 363. The summed E-state index contributed by atoms with van der Waals surface area (Å²) in [4.78, 5) is 12.2. The second kappa shape index (κ2) is 7.41. The van der Waals surface area contributed by atoms with Crippen molar-refractivity contribution in [1.82, 2.24) is 5.43 Å². The number of hydrazone groups is 1. The van der Waals surface area contributed by atoms with Crippen molar-refractivity contribution in [3.05, 3.63) is 21.3 Å². The van der Waals surface area contributed by atoms with Crippen LogP contribution in [-0.4, -0.2) is 12.1 Å². The van der Waals surface area contributed by atoms with Gasteiger partial charge in [0.05, 0.1) is 10.6 Å². The average molecular weight is 259 g/mol. The van der Waals surface area contributed by atoms with Gasteiger partial charge in [-0.2, -0.15) is 5.10 Å². The highest BCUT2D eigenvalue weighted by molar-refractivity contribution is 7.17. The first kappa shape index (κ1) is 13.2. The Labute approximate surface area is 105 Å². The minimum Gasteiger partial charge on any atom is -0.273 e. The lowest BCUT2D eigenvalue weighted by Crippen LogP contribution is -2.16. The molecule has 0 bridgehead atoms. The topological polar surface area (TPSA) is 41.5 Å². The van der Waals surface area contributed by atoms with Gasteiger partial charge >= 0.3 is 0 Å². The number of hydrogen-bond acceptors (Lipinski definition) is 3. The van der Waals surface area contributed by atoms with Crippen LogP contribution in [0, 0.1) is 0 Å². The number of nitrogens with zero attached hydrogens (tertiary/aromatic N) is 1. The maximum atomic E-state index is 11.3. The predicted molar refractivity (Wildman–Crippen MR) is 69.2 cm³/mol. The molecule has 16 heavy (non-hydrogen) atoms. The minimum absolute atomic E-state index is 0.0349. The largest absolute Gasteiger partial charge is 0.273 e. The lowest BCUT2D eigenvalue weighted by molar-refractivity contribution is -0.121. The quantitative estimate of drug-likeness (QED) is 0.474. The summed E-state index contributed by atoms with van der Waals surface area (Å²) in [7, 11) is 0. The van der Waals surface area contributed by atoms with E-state index in [1.54, 1.807) is 12.3 Å². The first-order chi connectivity index (χ1) is 7.72. The number of carbonyl (C=O) groups is 1. The number of halogens is 1. The van der Waals surface area contributed by atoms with E-state index in [0.717, 1.165) is 28.5 Å². The summed E-state index contributed by atoms with van der Waals surface area (Å²) < 4.78 is 0.718. The zero-order valence-corrected chi connectivity index (χ0v) is 10.8. The normalized spacial score (nSPS) is 10.9. The van der Waals surface area contributed by atoms with Gasteiger partial charge in [-0.3, -0.25) is 4.79 Å². The fourth-order valence-electron chi connectivity index (χ4n) is 1.16. The van der Waals surface area contributed by atoms with Gasteiger partial charge in [-0.1, -0.05) is 31.4 Å². The first-order valence-electron chi connectivity index (χ1n) is 5.29. The first-order valence-corrected chi connectivity index (χ1v) is 6.49. The smallest absolute Gasteiger partial charge is 0.240 e. The van der Waals surface area contributed by atoms with Crippen molar-refractivity contribution < 1.29 is 4.79 Å². The molecule has 0 atom stereocenters. The molecular weight excluding hydrogens is 244 g/mol. The zero-order chi connectivity index (χ0) is 11.8. The number of unbranched alkanes of at least 4 members (excludes halogenated alkanes) is 2. The van der Waals surface area contributed by atoms with E-state index in [-0.39, 0.29) is 5.91 Å². The summed E-state index contributed by atoms with van der Waals surface area (Å²) >= 11 is 7.18. The van der Waals surface area contributed by atoms with Gasteiger partial charge in [0.25, 0.3) is 0 Å². The third kappa shape index (κ3) is 5.28. The fraction of sp³-hybridized carbons (Fsp3) is 0.455. The van der Waals surface area contributed by atoms with Crippen LogP contribution in [0.25, 0.3) is 0 Å². The Kier molecular flexibility index (Phi) is 6.11. The van der Waals surface area contributed by atoms with E-state index in [1.165, 1.54) is 11.3 Å². The van der Waals surface area contributed by atoms with Crippen molar-refractivity contribution in [1.29, 1.82) is 0 Å². The summed E-state index contributed by atoms with van der Waals surface area (Å²) in [6, 6.07) is 3.66. The molecule has 1 aromatic heterocycles. The van der Waals surface area contributed by atoms with E-state index in [0.29, 0.717) is 6.42 Å². The van der Waals surface area contributed by atoms with Gasteiger partial charge in [0.15, 0.2) is 0 Å². The van der Waals surface area contributed by atoms with Crippen LogP contribution in [0.4, 0.5) is 0 Å². The Balaban J connectivity index is 2.23. The van der Waals surface area contributed by atoms with Gasteiger partial charge in [0.1, 0.15) is 0 Å². The van der Waals surface area contributed by atoms with Crippen LogP contribution in [0.5, 0.6) is 0 Å². The molecule has 5 heteroatoms. The second-order valence-corrected chi connectivity index (χ2v) is 5.14. The molecule has 0 spiro atoms. The summed E-state index contributed by atoms with van der Waals surface area (Å²) in [5.74, 6) is -0.0349. The Morgan fingerprint density at radius 3 is 3.00 bits per heavy atom. The molecule has 0 aliphatic rings. The Morgan fingerprint density at radius 1 is 1.56 bits per heavy atom. The van der Waals surface area contributed by atoms with E-state index in [9.17, 15) is 4.79 Å². The van der Waals surface area contributed by atoms with Crippen LogP contribution >= 0.6 is 22.9 Å². The van der Waals surface area contributed by atoms with Crippen LogP contribution < -0.4 is 5.43 Å². The highest BCUT2D eigenvalue weighted by Gasteiger charge is 1.98. The van der Waals surface area contributed by atoms with Gasteiger partial charge in [0.2, 0.25) is 5.91 Å².